The third-order valence-corrected chi connectivity index (χ3v) is 2.38. The summed E-state index contributed by atoms with van der Waals surface area (Å²) in [6.45, 7) is -1.33. The lowest BCUT2D eigenvalue weighted by Crippen LogP contribution is -2.11. The van der Waals surface area contributed by atoms with Crippen molar-refractivity contribution >= 4 is 5.97 Å². The molecule has 96 valence electrons. The van der Waals surface area contributed by atoms with Gasteiger partial charge in [-0.2, -0.15) is 14.0 Å². The van der Waals surface area contributed by atoms with Crippen molar-refractivity contribution in [1.82, 2.24) is 0 Å². The molecule has 1 N–H and O–H groups in total. The number of ether oxygens (including phenoxy) is 1. The fraction of sp³-hybridized carbons (Fsp3) is 0.333. The first-order valence-electron chi connectivity index (χ1n) is 5.21. The van der Waals surface area contributed by atoms with Crippen LogP contribution in [0.15, 0.2) is 12.1 Å². The first-order valence-corrected chi connectivity index (χ1v) is 5.21. The summed E-state index contributed by atoms with van der Waals surface area (Å²) < 4.78 is 29.0. The maximum absolute atomic E-state index is 12.3. The predicted molar refractivity (Wildman–Crippen MR) is 58.5 cm³/mol. The van der Waals surface area contributed by atoms with Crippen molar-refractivity contribution in [3.05, 3.63) is 28.8 Å². The van der Waals surface area contributed by atoms with E-state index in [0.717, 1.165) is 0 Å². The highest BCUT2D eigenvalue weighted by Gasteiger charge is 2.19. The second-order valence-electron chi connectivity index (χ2n) is 3.49. The van der Waals surface area contributed by atoms with Crippen LogP contribution in [0.4, 0.5) is 8.78 Å². The number of halogens is 2. The fourth-order valence-electron chi connectivity index (χ4n) is 1.62. The average molecular weight is 255 g/mol. The molecule has 0 unspecified atom stereocenters. The maximum Gasteiger partial charge on any atom is 0.387 e. The van der Waals surface area contributed by atoms with Gasteiger partial charge in [-0.25, -0.2) is 0 Å². The molecule has 0 fully saturated rings. The Bertz CT molecular complexity index is 495. The minimum absolute atomic E-state index is 0.00958. The highest BCUT2D eigenvalue weighted by atomic mass is 19.3. The normalized spacial score (nSPS) is 10.2. The zero-order valence-electron chi connectivity index (χ0n) is 9.61. The van der Waals surface area contributed by atoms with Gasteiger partial charge in [-0.15, -0.1) is 0 Å². The number of carboxylic acid groups (broad SMARTS) is 1. The molecule has 1 rings (SSSR count). The van der Waals surface area contributed by atoms with E-state index in [-0.39, 0.29) is 16.9 Å². The molecule has 0 aromatic heterocycles. The molecule has 18 heavy (non-hydrogen) atoms. The Labute approximate surface area is 102 Å². The van der Waals surface area contributed by atoms with Gasteiger partial charge in [0.1, 0.15) is 5.75 Å². The molecule has 0 atom stereocenters. The molecule has 0 aliphatic rings. The lowest BCUT2D eigenvalue weighted by atomic mass is 9.99. The molecular weight excluding hydrogens is 244 g/mol. The number of carbonyl (C=O) groups is 1. The van der Waals surface area contributed by atoms with Gasteiger partial charge in [-0.1, -0.05) is 13.0 Å². The average Bonchev–Trinajstić information content (AvgIpc) is 2.29. The number of hydrogen-bond acceptors (Lipinski definition) is 3. The van der Waals surface area contributed by atoms with Crippen LogP contribution in [0, 0.1) is 11.3 Å². The molecule has 4 nitrogen and oxygen atoms in total. The predicted octanol–water partition coefficient (Wildman–Crippen LogP) is 2.35. The summed E-state index contributed by atoms with van der Waals surface area (Å²) in [7, 11) is 0. The van der Waals surface area contributed by atoms with Crippen molar-refractivity contribution in [1.29, 1.82) is 5.26 Å². The molecule has 0 heterocycles. The van der Waals surface area contributed by atoms with E-state index in [0.29, 0.717) is 12.0 Å². The number of aliphatic carboxylic acids is 1. The molecular formula is C12H11F2NO3. The lowest BCUT2D eigenvalue weighted by molar-refractivity contribution is -0.136. The quantitative estimate of drug-likeness (QED) is 0.876. The zero-order valence-corrected chi connectivity index (χ0v) is 9.61. The lowest BCUT2D eigenvalue weighted by Gasteiger charge is -2.14. The molecule has 0 radical (unpaired) electrons. The zero-order chi connectivity index (χ0) is 13.7. The summed E-state index contributed by atoms with van der Waals surface area (Å²) in [6, 6.07) is 4.68. The van der Waals surface area contributed by atoms with E-state index in [4.69, 9.17) is 10.4 Å². The number of nitriles is 1. The minimum Gasteiger partial charge on any atom is -0.481 e. The van der Waals surface area contributed by atoms with Crippen LogP contribution < -0.4 is 4.74 Å². The SMILES string of the molecule is CCc1ccc(C#N)c(CC(=O)O)c1OC(F)F. The number of nitrogens with zero attached hydrogens (tertiary/aromatic N) is 1. The van der Waals surface area contributed by atoms with Crippen LogP contribution in [0.3, 0.4) is 0 Å². The summed E-state index contributed by atoms with van der Waals surface area (Å²) in [4.78, 5) is 10.7. The van der Waals surface area contributed by atoms with Crippen LogP contribution in [-0.4, -0.2) is 17.7 Å². The van der Waals surface area contributed by atoms with Crippen LogP contribution in [-0.2, 0) is 17.6 Å². The van der Waals surface area contributed by atoms with Crippen LogP contribution in [0.2, 0.25) is 0 Å². The van der Waals surface area contributed by atoms with Crippen LogP contribution >= 0.6 is 0 Å². The molecule has 0 saturated carbocycles. The molecule has 0 saturated heterocycles. The molecule has 0 bridgehead atoms. The summed E-state index contributed by atoms with van der Waals surface area (Å²) in [5.74, 6) is -1.41. The van der Waals surface area contributed by atoms with E-state index in [1.54, 1.807) is 13.0 Å². The monoisotopic (exact) mass is 255 g/mol. The number of aryl methyl sites for hydroxylation is 1. The summed E-state index contributed by atoms with van der Waals surface area (Å²) in [6.07, 6.45) is -0.126. The highest BCUT2D eigenvalue weighted by Crippen LogP contribution is 2.29. The van der Waals surface area contributed by atoms with Crippen molar-refractivity contribution in [3.8, 4) is 11.8 Å². The fourth-order valence-corrected chi connectivity index (χ4v) is 1.62. The van der Waals surface area contributed by atoms with E-state index < -0.39 is 19.0 Å². The largest absolute Gasteiger partial charge is 0.481 e. The Balaban J connectivity index is 3.38. The molecule has 0 aliphatic carbocycles. The van der Waals surface area contributed by atoms with Gasteiger partial charge in [0.05, 0.1) is 18.1 Å². The number of carboxylic acids is 1. The van der Waals surface area contributed by atoms with Crippen LogP contribution in [0.5, 0.6) is 5.75 Å². The van der Waals surface area contributed by atoms with Gasteiger partial charge in [0.2, 0.25) is 0 Å². The molecule has 1 aromatic carbocycles. The van der Waals surface area contributed by atoms with Gasteiger partial charge < -0.3 is 9.84 Å². The first-order chi connectivity index (χ1) is 8.49. The van der Waals surface area contributed by atoms with E-state index >= 15 is 0 Å². The number of benzene rings is 1. The highest BCUT2D eigenvalue weighted by molar-refractivity contribution is 5.73. The van der Waals surface area contributed by atoms with Gasteiger partial charge in [0, 0.05) is 5.56 Å². The van der Waals surface area contributed by atoms with Gasteiger partial charge in [-0.05, 0) is 18.1 Å². The van der Waals surface area contributed by atoms with Crippen molar-refractivity contribution in [3.63, 3.8) is 0 Å². The third-order valence-electron chi connectivity index (χ3n) is 2.38. The minimum atomic E-state index is -3.06. The van der Waals surface area contributed by atoms with Crippen molar-refractivity contribution < 1.29 is 23.4 Å². The molecule has 1 aromatic rings. The van der Waals surface area contributed by atoms with E-state index in [2.05, 4.69) is 4.74 Å². The van der Waals surface area contributed by atoms with Crippen LogP contribution in [0.25, 0.3) is 0 Å². The first kappa shape index (κ1) is 13.9. The smallest absolute Gasteiger partial charge is 0.387 e. The van der Waals surface area contributed by atoms with Gasteiger partial charge >= 0.3 is 12.6 Å². The second-order valence-corrected chi connectivity index (χ2v) is 3.49. The van der Waals surface area contributed by atoms with E-state index in [1.165, 1.54) is 12.1 Å². The number of hydrogen-bond donors (Lipinski definition) is 1. The van der Waals surface area contributed by atoms with Crippen molar-refractivity contribution in [2.75, 3.05) is 0 Å². The topological polar surface area (TPSA) is 70.3 Å². The van der Waals surface area contributed by atoms with Crippen molar-refractivity contribution in [2.45, 2.75) is 26.4 Å². The van der Waals surface area contributed by atoms with Crippen LogP contribution in [0.1, 0.15) is 23.6 Å². The summed E-state index contributed by atoms with van der Waals surface area (Å²) in [5, 5.41) is 17.6. The van der Waals surface area contributed by atoms with Gasteiger partial charge in [0.15, 0.2) is 0 Å². The number of rotatable bonds is 5. The molecule has 0 aliphatic heterocycles. The molecule has 6 heteroatoms. The summed E-state index contributed by atoms with van der Waals surface area (Å²) in [5.41, 5.74) is 0.473. The molecule has 0 spiro atoms. The Kier molecular flexibility index (Phi) is 4.60. The standard InChI is InChI=1S/C12H11F2NO3/c1-2-7-3-4-8(6-15)9(5-10(16)17)11(7)18-12(13)14/h3-4,12H,2,5H2,1H3,(H,16,17). The second kappa shape index (κ2) is 5.96. The Morgan fingerprint density at radius 3 is 2.67 bits per heavy atom. The van der Waals surface area contributed by atoms with E-state index in [1.807, 2.05) is 0 Å². The Morgan fingerprint density at radius 2 is 2.22 bits per heavy atom. The Morgan fingerprint density at radius 1 is 1.56 bits per heavy atom. The third kappa shape index (κ3) is 3.17. The maximum atomic E-state index is 12.3. The van der Waals surface area contributed by atoms with E-state index in [9.17, 15) is 13.6 Å². The summed E-state index contributed by atoms with van der Waals surface area (Å²) >= 11 is 0. The van der Waals surface area contributed by atoms with Gasteiger partial charge in [-0.3, -0.25) is 4.79 Å². The Hall–Kier alpha value is -2.16. The van der Waals surface area contributed by atoms with Gasteiger partial charge in [0.25, 0.3) is 0 Å². The number of alkyl halides is 2. The van der Waals surface area contributed by atoms with Crippen molar-refractivity contribution in [2.24, 2.45) is 0 Å². The molecule has 0 amide bonds.